The lowest BCUT2D eigenvalue weighted by Crippen LogP contribution is -2.19. The first-order valence-electron chi connectivity index (χ1n) is 5.45. The van der Waals surface area contributed by atoms with E-state index in [9.17, 15) is 34.8 Å². The minimum Gasteiger partial charge on any atom is -0.282 e. The van der Waals surface area contributed by atoms with Crippen LogP contribution in [0.25, 0.3) is 0 Å². The van der Waals surface area contributed by atoms with Crippen LogP contribution in [-0.4, -0.2) is 13.0 Å². The lowest BCUT2D eigenvalue weighted by molar-refractivity contribution is -0.144. The quantitative estimate of drug-likeness (QED) is 0.654. The van der Waals surface area contributed by atoms with Crippen LogP contribution in [0.1, 0.15) is 36.5 Å². The fraction of sp³-hybridized carbons (Fsp3) is 0.455. The molecule has 10 heteroatoms. The molecular formula is C11H10F6O3S. The van der Waals surface area contributed by atoms with E-state index in [1.54, 1.807) is 0 Å². The third-order valence-corrected chi connectivity index (χ3v) is 3.47. The summed E-state index contributed by atoms with van der Waals surface area (Å²) in [6, 6.07) is -0.000185. The van der Waals surface area contributed by atoms with Crippen molar-refractivity contribution in [3.63, 3.8) is 0 Å². The van der Waals surface area contributed by atoms with Gasteiger partial charge in [-0.05, 0) is 23.6 Å². The highest BCUT2D eigenvalue weighted by Gasteiger charge is 2.42. The van der Waals surface area contributed by atoms with Gasteiger partial charge in [0.1, 0.15) is 0 Å². The number of halogens is 6. The lowest BCUT2D eigenvalue weighted by Gasteiger charge is -2.22. The Kier molecular flexibility index (Phi) is 4.37. The van der Waals surface area contributed by atoms with Gasteiger partial charge in [0.05, 0.1) is 16.0 Å². The highest BCUT2D eigenvalue weighted by atomic mass is 32.2. The second kappa shape index (κ2) is 5.16. The van der Waals surface area contributed by atoms with E-state index < -0.39 is 50.0 Å². The van der Waals surface area contributed by atoms with Crippen LogP contribution in [0.4, 0.5) is 26.3 Å². The molecule has 0 aromatic heterocycles. The molecule has 0 saturated heterocycles. The Hall–Kier alpha value is -1.29. The molecule has 0 atom stereocenters. The minimum absolute atomic E-state index is 0.0000926. The largest absolute Gasteiger partial charge is 0.416 e. The summed E-state index contributed by atoms with van der Waals surface area (Å²) in [4.78, 5) is -1.45. The Morgan fingerprint density at radius 1 is 0.952 bits per heavy atom. The maximum absolute atomic E-state index is 12.9. The molecule has 1 aromatic rings. The maximum Gasteiger partial charge on any atom is 0.416 e. The van der Waals surface area contributed by atoms with Crippen molar-refractivity contribution >= 4 is 10.1 Å². The molecule has 120 valence electrons. The SMILES string of the molecule is CC(C)c1c(C(F)(F)F)cc(S(=O)(=O)O)cc1C(F)(F)F. The van der Waals surface area contributed by atoms with Crippen LogP contribution in [0.5, 0.6) is 0 Å². The topological polar surface area (TPSA) is 54.4 Å². The van der Waals surface area contributed by atoms with Gasteiger partial charge in [-0.15, -0.1) is 0 Å². The lowest BCUT2D eigenvalue weighted by atomic mass is 9.91. The van der Waals surface area contributed by atoms with Gasteiger partial charge in [0, 0.05) is 0 Å². The van der Waals surface area contributed by atoms with E-state index in [4.69, 9.17) is 4.55 Å². The van der Waals surface area contributed by atoms with Gasteiger partial charge in [0.2, 0.25) is 0 Å². The predicted molar refractivity (Wildman–Crippen MR) is 60.3 cm³/mol. The first-order valence-corrected chi connectivity index (χ1v) is 6.89. The molecule has 3 nitrogen and oxygen atoms in total. The van der Waals surface area contributed by atoms with Gasteiger partial charge in [0.15, 0.2) is 0 Å². The Morgan fingerprint density at radius 2 is 1.29 bits per heavy atom. The number of benzene rings is 1. The van der Waals surface area contributed by atoms with Gasteiger partial charge in [-0.2, -0.15) is 34.8 Å². The summed E-state index contributed by atoms with van der Waals surface area (Å²) in [5, 5.41) is 0. The molecule has 0 aliphatic rings. The van der Waals surface area contributed by atoms with E-state index in [1.807, 2.05) is 0 Å². The molecule has 0 fully saturated rings. The number of hydrogen-bond donors (Lipinski definition) is 1. The summed E-state index contributed by atoms with van der Waals surface area (Å²) in [5.41, 5.74) is -4.54. The zero-order chi connectivity index (χ0) is 16.8. The van der Waals surface area contributed by atoms with Crippen LogP contribution in [0, 0.1) is 0 Å². The van der Waals surface area contributed by atoms with Crippen molar-refractivity contribution in [1.82, 2.24) is 0 Å². The fourth-order valence-corrected chi connectivity index (χ4v) is 2.40. The zero-order valence-electron chi connectivity index (χ0n) is 10.7. The summed E-state index contributed by atoms with van der Waals surface area (Å²) in [5.74, 6) is -1.16. The minimum atomic E-state index is -5.21. The van der Waals surface area contributed by atoms with Crippen molar-refractivity contribution in [3.8, 4) is 0 Å². The van der Waals surface area contributed by atoms with Crippen LogP contribution in [-0.2, 0) is 22.5 Å². The van der Waals surface area contributed by atoms with Gasteiger partial charge in [-0.25, -0.2) is 0 Å². The number of rotatable bonds is 2. The number of alkyl halides is 6. The van der Waals surface area contributed by atoms with Crippen LogP contribution in [0.2, 0.25) is 0 Å². The molecular weight excluding hydrogens is 326 g/mol. The third-order valence-electron chi connectivity index (χ3n) is 2.64. The summed E-state index contributed by atoms with van der Waals surface area (Å²) in [7, 11) is -5.21. The van der Waals surface area contributed by atoms with Gasteiger partial charge in [-0.1, -0.05) is 13.8 Å². The van der Waals surface area contributed by atoms with Crippen molar-refractivity contribution in [3.05, 3.63) is 28.8 Å². The molecule has 0 saturated carbocycles. The van der Waals surface area contributed by atoms with Crippen molar-refractivity contribution in [2.45, 2.75) is 37.0 Å². The van der Waals surface area contributed by atoms with E-state index in [2.05, 4.69) is 0 Å². The molecule has 1 aromatic carbocycles. The van der Waals surface area contributed by atoms with Crippen LogP contribution < -0.4 is 0 Å². The van der Waals surface area contributed by atoms with Crippen LogP contribution in [0.15, 0.2) is 17.0 Å². The maximum atomic E-state index is 12.9. The summed E-state index contributed by atoms with van der Waals surface area (Å²) in [6.45, 7) is 2.24. The average Bonchev–Trinajstić information content (AvgIpc) is 2.23. The molecule has 0 aliphatic heterocycles. The monoisotopic (exact) mass is 336 g/mol. The van der Waals surface area contributed by atoms with E-state index in [1.165, 1.54) is 0 Å². The summed E-state index contributed by atoms with van der Waals surface area (Å²) < 4.78 is 108. The standard InChI is InChI=1S/C11H10F6O3S/c1-5(2)9-7(10(12,13)14)3-6(21(18,19)20)4-8(9)11(15,16)17/h3-5H,1-2H3,(H,18,19,20). The van der Waals surface area contributed by atoms with Crippen molar-refractivity contribution < 1.29 is 39.3 Å². The van der Waals surface area contributed by atoms with Crippen LogP contribution >= 0.6 is 0 Å². The highest BCUT2D eigenvalue weighted by molar-refractivity contribution is 7.85. The number of hydrogen-bond acceptors (Lipinski definition) is 2. The van der Waals surface area contributed by atoms with Crippen molar-refractivity contribution in [2.75, 3.05) is 0 Å². The second-order valence-corrected chi connectivity index (χ2v) is 5.98. The van der Waals surface area contributed by atoms with E-state index >= 15 is 0 Å². The first kappa shape index (κ1) is 17.8. The average molecular weight is 336 g/mol. The van der Waals surface area contributed by atoms with E-state index in [0.717, 1.165) is 13.8 Å². The summed E-state index contributed by atoms with van der Waals surface area (Å²) in [6.07, 6.45) is -10.4. The normalized spacial score (nSPS) is 13.8. The zero-order valence-corrected chi connectivity index (χ0v) is 11.5. The highest BCUT2D eigenvalue weighted by Crippen LogP contribution is 2.43. The smallest absolute Gasteiger partial charge is 0.282 e. The molecule has 0 amide bonds. The first-order chi connectivity index (χ1) is 9.15. The summed E-state index contributed by atoms with van der Waals surface area (Å²) >= 11 is 0. The molecule has 0 aliphatic carbocycles. The third kappa shape index (κ3) is 3.88. The molecule has 0 spiro atoms. The predicted octanol–water partition coefficient (Wildman–Crippen LogP) is 4.09. The van der Waals surface area contributed by atoms with Crippen molar-refractivity contribution in [1.29, 1.82) is 0 Å². The Balaban J connectivity index is 3.94. The van der Waals surface area contributed by atoms with E-state index in [-0.39, 0.29) is 12.1 Å². The van der Waals surface area contributed by atoms with Gasteiger partial charge >= 0.3 is 12.4 Å². The Morgan fingerprint density at radius 3 is 1.48 bits per heavy atom. The van der Waals surface area contributed by atoms with E-state index in [0.29, 0.717) is 0 Å². The Bertz CT molecular complexity index is 608. The fourth-order valence-electron chi connectivity index (χ4n) is 1.87. The van der Waals surface area contributed by atoms with Crippen molar-refractivity contribution in [2.24, 2.45) is 0 Å². The second-order valence-electron chi connectivity index (χ2n) is 4.56. The van der Waals surface area contributed by atoms with Crippen LogP contribution in [0.3, 0.4) is 0 Å². The molecule has 1 N–H and O–H groups in total. The van der Waals surface area contributed by atoms with Gasteiger partial charge in [0.25, 0.3) is 10.1 Å². The van der Waals surface area contributed by atoms with Gasteiger partial charge < -0.3 is 0 Å². The Labute approximate surface area is 116 Å². The molecule has 1 rings (SSSR count). The van der Waals surface area contributed by atoms with Gasteiger partial charge in [-0.3, -0.25) is 4.55 Å². The molecule has 0 radical (unpaired) electrons. The molecule has 0 bridgehead atoms. The molecule has 0 unspecified atom stereocenters. The molecule has 21 heavy (non-hydrogen) atoms. The molecule has 0 heterocycles.